The van der Waals surface area contributed by atoms with E-state index in [1.54, 1.807) is 6.92 Å². The number of likely N-dealkylation sites (N-methyl/N-ethyl adjacent to an activating group) is 1. The molecule has 5 nitrogen and oxygen atoms in total. The monoisotopic (exact) mass is 355 g/mol. The second-order valence-electron chi connectivity index (χ2n) is 5.50. The van der Waals surface area contributed by atoms with Gasteiger partial charge in [-0.2, -0.15) is 0 Å². The van der Waals surface area contributed by atoms with E-state index in [1.807, 2.05) is 25.1 Å². The number of furan rings is 1. The van der Waals surface area contributed by atoms with Crippen molar-refractivity contribution in [2.24, 2.45) is 0 Å². The molecule has 0 aliphatic heterocycles. The number of halogens is 1. The molecule has 0 amide bonds. The topological polar surface area (TPSA) is 62.9 Å². The summed E-state index contributed by atoms with van der Waals surface area (Å²) in [6.45, 7) is 10.3. The molecule has 1 aromatic heterocycles. The van der Waals surface area contributed by atoms with E-state index < -0.39 is 12.1 Å². The van der Waals surface area contributed by atoms with Gasteiger partial charge in [-0.3, -0.25) is 0 Å². The first kappa shape index (κ1) is 20.5. The minimum Gasteiger partial charge on any atom is -0.460 e. The van der Waals surface area contributed by atoms with Crippen LogP contribution in [-0.4, -0.2) is 42.2 Å². The van der Waals surface area contributed by atoms with E-state index in [2.05, 4.69) is 18.7 Å². The Labute approximate surface area is 149 Å². The lowest BCUT2D eigenvalue weighted by molar-refractivity contribution is 0.0491. The minimum absolute atomic E-state index is 0. The number of esters is 1. The van der Waals surface area contributed by atoms with Crippen molar-refractivity contribution in [3.8, 4) is 0 Å². The molecule has 0 radical (unpaired) electrons. The van der Waals surface area contributed by atoms with Crippen LogP contribution < -0.4 is 0 Å². The lowest BCUT2D eigenvalue weighted by atomic mass is 10.0. The van der Waals surface area contributed by atoms with E-state index in [0.717, 1.165) is 24.0 Å². The van der Waals surface area contributed by atoms with Crippen molar-refractivity contribution in [2.45, 2.75) is 33.8 Å². The van der Waals surface area contributed by atoms with Crippen molar-refractivity contribution >= 4 is 29.3 Å². The molecule has 6 heteroatoms. The van der Waals surface area contributed by atoms with Crippen molar-refractivity contribution in [1.82, 2.24) is 4.90 Å². The Morgan fingerprint density at radius 3 is 2.54 bits per heavy atom. The first-order valence-electron chi connectivity index (χ1n) is 8.12. The van der Waals surface area contributed by atoms with Crippen LogP contribution in [0.25, 0.3) is 11.0 Å². The SMILES string of the molecule is CCOC(=O)c1oc2c(C(O)CN(CC)CC)cccc2c1C.Cl. The van der Waals surface area contributed by atoms with Gasteiger partial charge < -0.3 is 19.2 Å². The predicted octanol–water partition coefficient (Wildman–Crippen LogP) is 3.71. The average Bonchev–Trinajstić information content (AvgIpc) is 2.90. The summed E-state index contributed by atoms with van der Waals surface area (Å²) in [6.07, 6.45) is -0.667. The van der Waals surface area contributed by atoms with Crippen LogP contribution in [0.15, 0.2) is 22.6 Å². The van der Waals surface area contributed by atoms with Crippen LogP contribution in [0.1, 0.15) is 48.6 Å². The van der Waals surface area contributed by atoms with Gasteiger partial charge in [0.2, 0.25) is 5.76 Å². The fourth-order valence-electron chi connectivity index (χ4n) is 2.74. The highest BCUT2D eigenvalue weighted by Gasteiger charge is 2.23. The summed E-state index contributed by atoms with van der Waals surface area (Å²) in [5.74, 6) is -0.255. The van der Waals surface area contributed by atoms with Gasteiger partial charge >= 0.3 is 5.97 Å². The lowest BCUT2D eigenvalue weighted by Crippen LogP contribution is -2.28. The lowest BCUT2D eigenvalue weighted by Gasteiger charge is -2.22. The first-order chi connectivity index (χ1) is 11.0. The molecule has 0 saturated carbocycles. The highest BCUT2D eigenvalue weighted by Crippen LogP contribution is 2.31. The molecule has 1 unspecified atom stereocenters. The van der Waals surface area contributed by atoms with Gasteiger partial charge in [-0.05, 0) is 26.9 Å². The van der Waals surface area contributed by atoms with E-state index in [9.17, 15) is 9.90 Å². The van der Waals surface area contributed by atoms with E-state index in [0.29, 0.717) is 24.3 Å². The van der Waals surface area contributed by atoms with Gasteiger partial charge in [-0.15, -0.1) is 12.4 Å². The molecule has 0 fully saturated rings. The average molecular weight is 356 g/mol. The van der Waals surface area contributed by atoms with Crippen molar-refractivity contribution in [2.75, 3.05) is 26.2 Å². The van der Waals surface area contributed by atoms with Gasteiger partial charge in [-0.1, -0.05) is 32.0 Å². The second kappa shape index (κ2) is 9.06. The number of benzene rings is 1. The van der Waals surface area contributed by atoms with Gasteiger partial charge in [0.1, 0.15) is 5.58 Å². The molecule has 0 aliphatic carbocycles. The van der Waals surface area contributed by atoms with Gasteiger partial charge in [-0.25, -0.2) is 4.79 Å². The standard InChI is InChI=1S/C18H25NO4.ClH/c1-5-19(6-2)11-15(20)14-10-8-9-13-12(4)16(23-17(13)14)18(21)22-7-3;/h8-10,15,20H,5-7,11H2,1-4H3;1H. The highest BCUT2D eigenvalue weighted by atomic mass is 35.5. The van der Waals surface area contributed by atoms with Crippen molar-refractivity contribution in [1.29, 1.82) is 0 Å². The molecule has 1 atom stereocenters. The number of carbonyl (C=O) groups excluding carboxylic acids is 1. The number of aryl methyl sites for hydroxylation is 1. The number of para-hydroxylation sites is 1. The molecular formula is C18H26ClNO4. The third-order valence-corrected chi connectivity index (χ3v) is 4.14. The summed E-state index contributed by atoms with van der Waals surface area (Å²) in [5, 5.41) is 11.4. The molecule has 0 spiro atoms. The Balaban J connectivity index is 0.00000288. The highest BCUT2D eigenvalue weighted by molar-refractivity contribution is 5.96. The third kappa shape index (κ3) is 4.09. The zero-order valence-corrected chi connectivity index (χ0v) is 15.5. The Bertz CT molecular complexity index is 679. The summed E-state index contributed by atoms with van der Waals surface area (Å²) >= 11 is 0. The minimum atomic E-state index is -0.667. The van der Waals surface area contributed by atoms with Gasteiger partial charge in [0, 0.05) is 23.1 Å². The van der Waals surface area contributed by atoms with Crippen LogP contribution >= 0.6 is 12.4 Å². The van der Waals surface area contributed by atoms with Crippen LogP contribution in [0, 0.1) is 6.92 Å². The van der Waals surface area contributed by atoms with Crippen molar-refractivity contribution < 1.29 is 19.1 Å². The number of ether oxygens (including phenoxy) is 1. The van der Waals surface area contributed by atoms with E-state index >= 15 is 0 Å². The van der Waals surface area contributed by atoms with Gasteiger partial charge in [0.15, 0.2) is 0 Å². The van der Waals surface area contributed by atoms with E-state index in [4.69, 9.17) is 9.15 Å². The number of carbonyl (C=O) groups is 1. The summed E-state index contributed by atoms with van der Waals surface area (Å²) in [7, 11) is 0. The molecule has 1 aromatic carbocycles. The first-order valence-corrected chi connectivity index (χ1v) is 8.12. The second-order valence-corrected chi connectivity index (χ2v) is 5.50. The molecule has 1 heterocycles. The fraction of sp³-hybridized carbons (Fsp3) is 0.500. The van der Waals surface area contributed by atoms with Gasteiger partial charge in [0.25, 0.3) is 0 Å². The molecule has 134 valence electrons. The number of aliphatic hydroxyl groups is 1. The number of hydrogen-bond acceptors (Lipinski definition) is 5. The maximum absolute atomic E-state index is 12.0. The van der Waals surface area contributed by atoms with E-state index in [1.165, 1.54) is 0 Å². The maximum atomic E-state index is 12.0. The fourth-order valence-corrected chi connectivity index (χ4v) is 2.74. The zero-order chi connectivity index (χ0) is 17.0. The van der Waals surface area contributed by atoms with Crippen LogP contribution in [0.5, 0.6) is 0 Å². The van der Waals surface area contributed by atoms with Crippen LogP contribution in [0.3, 0.4) is 0 Å². The molecular weight excluding hydrogens is 330 g/mol. The van der Waals surface area contributed by atoms with Crippen LogP contribution in [0.2, 0.25) is 0 Å². The summed E-state index contributed by atoms with van der Waals surface area (Å²) in [6, 6.07) is 5.61. The summed E-state index contributed by atoms with van der Waals surface area (Å²) < 4.78 is 10.8. The van der Waals surface area contributed by atoms with Crippen LogP contribution in [-0.2, 0) is 4.74 Å². The van der Waals surface area contributed by atoms with Crippen LogP contribution in [0.4, 0.5) is 0 Å². The molecule has 2 aromatic rings. The maximum Gasteiger partial charge on any atom is 0.374 e. The zero-order valence-electron chi connectivity index (χ0n) is 14.7. The number of hydrogen-bond donors (Lipinski definition) is 1. The van der Waals surface area contributed by atoms with Gasteiger partial charge in [0.05, 0.1) is 12.7 Å². The molecule has 0 bridgehead atoms. The molecule has 0 saturated heterocycles. The third-order valence-electron chi connectivity index (χ3n) is 4.14. The Hall–Kier alpha value is -1.56. The van der Waals surface area contributed by atoms with E-state index in [-0.39, 0.29) is 18.2 Å². The Kier molecular flexibility index (Phi) is 7.73. The molecule has 2 rings (SSSR count). The number of aliphatic hydroxyl groups excluding tert-OH is 1. The summed E-state index contributed by atoms with van der Waals surface area (Å²) in [4.78, 5) is 14.1. The molecule has 0 aliphatic rings. The quantitative estimate of drug-likeness (QED) is 0.767. The Morgan fingerprint density at radius 1 is 1.29 bits per heavy atom. The van der Waals surface area contributed by atoms with Crippen molar-refractivity contribution in [3.05, 3.63) is 35.1 Å². The van der Waals surface area contributed by atoms with Crippen molar-refractivity contribution in [3.63, 3.8) is 0 Å². The smallest absolute Gasteiger partial charge is 0.374 e. The molecule has 1 N–H and O–H groups in total. The molecule has 24 heavy (non-hydrogen) atoms. The normalized spacial score (nSPS) is 12.2. The largest absolute Gasteiger partial charge is 0.460 e. The number of nitrogens with zero attached hydrogens (tertiary/aromatic N) is 1. The number of fused-ring (bicyclic) bond motifs is 1. The number of rotatable bonds is 7. The summed E-state index contributed by atoms with van der Waals surface area (Å²) in [5.41, 5.74) is 2.01. The predicted molar refractivity (Wildman–Crippen MR) is 96.9 cm³/mol. The Morgan fingerprint density at radius 2 is 1.96 bits per heavy atom.